The summed E-state index contributed by atoms with van der Waals surface area (Å²) >= 11 is 0. The van der Waals surface area contributed by atoms with E-state index < -0.39 is 10.0 Å². The Labute approximate surface area is 219 Å². The van der Waals surface area contributed by atoms with E-state index in [1.165, 1.54) is 0 Å². The van der Waals surface area contributed by atoms with Gasteiger partial charge in [0, 0.05) is 48.0 Å². The molecule has 0 aliphatic carbocycles. The number of aromatic nitrogens is 3. The van der Waals surface area contributed by atoms with E-state index in [0.29, 0.717) is 60.5 Å². The van der Waals surface area contributed by atoms with Gasteiger partial charge in [-0.15, -0.1) is 0 Å². The number of benzene rings is 2. The molecule has 0 spiro atoms. The minimum Gasteiger partial charge on any atom is -0.439 e. The molecule has 1 aliphatic heterocycles. The van der Waals surface area contributed by atoms with Crippen LogP contribution in [0.5, 0.6) is 11.6 Å². The topological polar surface area (TPSA) is 153 Å². The number of nitriles is 1. The number of carbonyl (C=O) groups is 1. The summed E-state index contributed by atoms with van der Waals surface area (Å²) in [5, 5.41) is 13.1. The van der Waals surface area contributed by atoms with E-state index in [1.807, 2.05) is 0 Å². The predicted octanol–water partition coefficient (Wildman–Crippen LogP) is 3.71. The Bertz CT molecular complexity index is 1640. The van der Waals surface area contributed by atoms with Crippen molar-refractivity contribution in [2.75, 3.05) is 29.4 Å². The molecular weight excluding hydrogens is 506 g/mol. The molecule has 12 heteroatoms. The molecule has 5 rings (SSSR count). The maximum Gasteiger partial charge on any atom is 0.270 e. The maximum atomic E-state index is 13.1. The van der Waals surface area contributed by atoms with Gasteiger partial charge in [0.05, 0.1) is 17.9 Å². The van der Waals surface area contributed by atoms with Crippen molar-refractivity contribution < 1.29 is 17.9 Å². The van der Waals surface area contributed by atoms with Crippen LogP contribution in [0.25, 0.3) is 10.9 Å². The Morgan fingerprint density at radius 1 is 1.16 bits per heavy atom. The molecule has 3 heterocycles. The Morgan fingerprint density at radius 2 is 1.97 bits per heavy atom. The third kappa shape index (κ3) is 6.01. The summed E-state index contributed by atoms with van der Waals surface area (Å²) < 4.78 is 31.2. The first-order chi connectivity index (χ1) is 18.3. The van der Waals surface area contributed by atoms with E-state index in [2.05, 4.69) is 31.1 Å². The molecule has 2 aromatic carbocycles. The number of nitrogens with one attached hydrogen (secondary N) is 3. The Hall–Kier alpha value is -4.63. The lowest BCUT2D eigenvalue weighted by molar-refractivity contribution is 0.0713. The van der Waals surface area contributed by atoms with E-state index in [9.17, 15) is 13.2 Å². The number of rotatable bonds is 7. The first-order valence-electron chi connectivity index (χ1n) is 11.9. The normalized spacial score (nSPS) is 14.2. The quantitative estimate of drug-likeness (QED) is 0.326. The molecule has 1 aliphatic rings. The summed E-state index contributed by atoms with van der Waals surface area (Å²) in [5.41, 5.74) is 2.15. The fraction of sp³-hybridized carbons (Fsp3) is 0.231. The summed E-state index contributed by atoms with van der Waals surface area (Å²) in [6.45, 7) is 1.12. The molecule has 3 N–H and O–H groups in total. The Morgan fingerprint density at radius 3 is 2.74 bits per heavy atom. The van der Waals surface area contributed by atoms with Gasteiger partial charge in [0.2, 0.25) is 21.9 Å². The molecular formula is C26H25N7O4S. The summed E-state index contributed by atoms with van der Waals surface area (Å²) in [6.07, 6.45) is 4.12. The number of likely N-dealkylation sites (tertiary alicyclic amines) is 1. The molecule has 0 unspecified atom stereocenters. The van der Waals surface area contributed by atoms with Crippen molar-refractivity contribution in [3.8, 4) is 17.7 Å². The van der Waals surface area contributed by atoms with Gasteiger partial charge in [-0.3, -0.25) is 9.52 Å². The minimum absolute atomic E-state index is 0.0866. The van der Waals surface area contributed by atoms with Gasteiger partial charge in [-0.25, -0.2) is 13.4 Å². The van der Waals surface area contributed by atoms with Crippen molar-refractivity contribution in [2.45, 2.75) is 18.9 Å². The smallest absolute Gasteiger partial charge is 0.270 e. The van der Waals surface area contributed by atoms with Gasteiger partial charge in [0.25, 0.3) is 5.91 Å². The lowest BCUT2D eigenvalue weighted by Gasteiger charge is -2.32. The number of amides is 1. The van der Waals surface area contributed by atoms with Gasteiger partial charge in [-0.2, -0.15) is 10.2 Å². The van der Waals surface area contributed by atoms with E-state index in [1.54, 1.807) is 65.7 Å². The lowest BCUT2D eigenvalue weighted by atomic mass is 10.0. The van der Waals surface area contributed by atoms with Crippen LogP contribution in [0.2, 0.25) is 0 Å². The number of H-pyrrole nitrogens is 1. The summed E-state index contributed by atoms with van der Waals surface area (Å²) in [5.74, 6) is 1.20. The molecule has 38 heavy (non-hydrogen) atoms. The average Bonchev–Trinajstić information content (AvgIpc) is 3.31. The third-order valence-electron chi connectivity index (χ3n) is 6.09. The van der Waals surface area contributed by atoms with E-state index in [-0.39, 0.29) is 11.9 Å². The molecule has 194 valence electrons. The molecule has 11 nitrogen and oxygen atoms in total. The molecule has 1 amide bonds. The van der Waals surface area contributed by atoms with Crippen molar-refractivity contribution in [2.24, 2.45) is 0 Å². The van der Waals surface area contributed by atoms with Crippen LogP contribution in [0.3, 0.4) is 0 Å². The lowest BCUT2D eigenvalue weighted by Crippen LogP contribution is -2.42. The third-order valence-corrected chi connectivity index (χ3v) is 6.69. The SMILES string of the molecule is CS(=O)(=O)Nc1ccc2[nH]c(C(=O)N3CCC(Nc4nccc(Oc5cccc(C#N)c5)n4)CC3)cc2c1. The largest absolute Gasteiger partial charge is 0.439 e. The number of hydrogen-bond donors (Lipinski definition) is 3. The van der Waals surface area contributed by atoms with E-state index >= 15 is 0 Å². The van der Waals surface area contributed by atoms with Gasteiger partial charge in [-0.05, 0) is 55.3 Å². The number of carbonyl (C=O) groups excluding carboxylic acids is 1. The van der Waals surface area contributed by atoms with Crippen LogP contribution in [0.15, 0.2) is 60.8 Å². The maximum absolute atomic E-state index is 13.1. The van der Waals surface area contributed by atoms with Crippen molar-refractivity contribution in [3.05, 3.63) is 72.1 Å². The molecule has 1 fully saturated rings. The van der Waals surface area contributed by atoms with Crippen molar-refractivity contribution >= 4 is 38.5 Å². The van der Waals surface area contributed by atoms with Crippen molar-refractivity contribution in [1.29, 1.82) is 5.26 Å². The number of nitrogens with zero attached hydrogens (tertiary/aromatic N) is 4. The molecule has 0 atom stereocenters. The predicted molar refractivity (Wildman–Crippen MR) is 143 cm³/mol. The minimum atomic E-state index is -3.39. The summed E-state index contributed by atoms with van der Waals surface area (Å²) in [7, 11) is -3.39. The van der Waals surface area contributed by atoms with Crippen LogP contribution >= 0.6 is 0 Å². The molecule has 2 aromatic heterocycles. The highest BCUT2D eigenvalue weighted by atomic mass is 32.2. The van der Waals surface area contributed by atoms with E-state index in [4.69, 9.17) is 10.00 Å². The van der Waals surface area contributed by atoms with Gasteiger partial charge < -0.3 is 19.9 Å². The van der Waals surface area contributed by atoms with Crippen molar-refractivity contribution in [3.63, 3.8) is 0 Å². The zero-order chi connectivity index (χ0) is 26.7. The Balaban J connectivity index is 1.18. The van der Waals surface area contributed by atoms with Gasteiger partial charge in [0.1, 0.15) is 11.4 Å². The zero-order valence-corrected chi connectivity index (χ0v) is 21.3. The molecule has 4 aromatic rings. The van der Waals surface area contributed by atoms with Gasteiger partial charge >= 0.3 is 0 Å². The zero-order valence-electron chi connectivity index (χ0n) is 20.5. The number of hydrogen-bond acceptors (Lipinski definition) is 8. The van der Waals surface area contributed by atoms with Gasteiger partial charge in [0.15, 0.2) is 0 Å². The monoisotopic (exact) mass is 531 g/mol. The second-order valence-corrected chi connectivity index (χ2v) is 10.8. The van der Waals surface area contributed by atoms with Gasteiger partial charge in [-0.1, -0.05) is 6.07 Å². The fourth-order valence-corrected chi connectivity index (χ4v) is 4.88. The first kappa shape index (κ1) is 25.0. The van der Waals surface area contributed by atoms with Crippen LogP contribution < -0.4 is 14.8 Å². The molecule has 0 bridgehead atoms. The summed E-state index contributed by atoms with van der Waals surface area (Å²) in [6, 6.07) is 17.5. The van der Waals surface area contributed by atoms with Crippen molar-refractivity contribution in [1.82, 2.24) is 19.9 Å². The van der Waals surface area contributed by atoms with Crippen LogP contribution in [-0.2, 0) is 10.0 Å². The molecule has 0 saturated carbocycles. The number of fused-ring (bicyclic) bond motifs is 1. The second-order valence-electron chi connectivity index (χ2n) is 9.03. The first-order valence-corrected chi connectivity index (χ1v) is 13.8. The van der Waals surface area contributed by atoms with Crippen LogP contribution in [0, 0.1) is 11.3 Å². The van der Waals surface area contributed by atoms with E-state index in [0.717, 1.165) is 17.2 Å². The van der Waals surface area contributed by atoms with Crippen LogP contribution in [0.4, 0.5) is 11.6 Å². The number of anilines is 2. The van der Waals surface area contributed by atoms with Crippen LogP contribution in [-0.4, -0.2) is 59.6 Å². The summed E-state index contributed by atoms with van der Waals surface area (Å²) in [4.78, 5) is 26.7. The standard InChI is InChI=1S/C26H25N7O4S/c1-38(35,36)32-20-5-6-22-18(14-20)15-23(30-22)25(34)33-11-8-19(9-12-33)29-26-28-10-7-24(31-26)37-21-4-2-3-17(13-21)16-27/h2-7,10,13-15,19,30,32H,8-9,11-12H2,1H3,(H,28,29,31). The number of aromatic amines is 1. The highest BCUT2D eigenvalue weighted by Gasteiger charge is 2.25. The molecule has 1 saturated heterocycles. The number of piperidine rings is 1. The second kappa shape index (κ2) is 10.4. The number of sulfonamides is 1. The fourth-order valence-electron chi connectivity index (χ4n) is 4.32. The Kier molecular flexibility index (Phi) is 6.85. The average molecular weight is 532 g/mol. The number of ether oxygens (including phenoxy) is 1. The highest BCUT2D eigenvalue weighted by Crippen LogP contribution is 2.24. The van der Waals surface area contributed by atoms with Crippen LogP contribution in [0.1, 0.15) is 28.9 Å². The highest BCUT2D eigenvalue weighted by molar-refractivity contribution is 7.92. The molecule has 0 radical (unpaired) electrons.